The van der Waals surface area contributed by atoms with Crippen LogP contribution in [0.3, 0.4) is 0 Å². The van der Waals surface area contributed by atoms with Gasteiger partial charge >= 0.3 is 0 Å². The number of nitrogens with one attached hydrogen (secondary N) is 1. The van der Waals surface area contributed by atoms with Gasteiger partial charge in [0.25, 0.3) is 0 Å². The van der Waals surface area contributed by atoms with Gasteiger partial charge in [-0.25, -0.2) is 0 Å². The molecule has 0 aliphatic rings. The zero-order chi connectivity index (χ0) is 14.3. The second-order valence-electron chi connectivity index (χ2n) is 4.81. The van der Waals surface area contributed by atoms with Gasteiger partial charge in [-0.3, -0.25) is 4.79 Å². The lowest BCUT2D eigenvalue weighted by Gasteiger charge is -2.16. The van der Waals surface area contributed by atoms with Gasteiger partial charge in [0.15, 0.2) is 0 Å². The molecule has 0 radical (unpaired) electrons. The molecule has 1 atom stereocenters. The first-order chi connectivity index (χ1) is 9.04. The van der Waals surface area contributed by atoms with Gasteiger partial charge in [-0.2, -0.15) is 0 Å². The van der Waals surface area contributed by atoms with Crippen LogP contribution in [0.1, 0.15) is 25.8 Å². The minimum absolute atomic E-state index is 0.0425. The first-order valence-electron chi connectivity index (χ1n) is 6.72. The van der Waals surface area contributed by atoms with Gasteiger partial charge < -0.3 is 10.2 Å². The quantitative estimate of drug-likeness (QED) is 0.616. The summed E-state index contributed by atoms with van der Waals surface area (Å²) in [5.41, 5.74) is 1.28. The summed E-state index contributed by atoms with van der Waals surface area (Å²) in [6, 6.07) is 8.43. The zero-order valence-corrected chi connectivity index (χ0v) is 13.1. The van der Waals surface area contributed by atoms with E-state index in [9.17, 15) is 4.79 Å². The average molecular weight is 280 g/mol. The van der Waals surface area contributed by atoms with Crippen LogP contribution in [0.2, 0.25) is 0 Å². The smallest absolute Gasteiger partial charge is 0.235 e. The molecule has 19 heavy (non-hydrogen) atoms. The molecule has 1 aromatic rings. The second-order valence-corrected chi connectivity index (χ2v) is 6.23. The van der Waals surface area contributed by atoms with Crippen molar-refractivity contribution >= 4 is 17.7 Å². The van der Waals surface area contributed by atoms with Crippen molar-refractivity contribution in [1.82, 2.24) is 10.2 Å². The van der Waals surface area contributed by atoms with Gasteiger partial charge in [0.05, 0.1) is 5.25 Å². The molecule has 0 fully saturated rings. The molecule has 1 unspecified atom stereocenters. The van der Waals surface area contributed by atoms with Gasteiger partial charge in [0.1, 0.15) is 0 Å². The topological polar surface area (TPSA) is 32.3 Å². The van der Waals surface area contributed by atoms with E-state index in [0.29, 0.717) is 0 Å². The van der Waals surface area contributed by atoms with E-state index in [1.165, 1.54) is 5.56 Å². The van der Waals surface area contributed by atoms with E-state index in [-0.39, 0.29) is 11.2 Å². The highest BCUT2D eigenvalue weighted by atomic mass is 32.2. The first kappa shape index (κ1) is 16.1. The highest BCUT2D eigenvalue weighted by molar-refractivity contribution is 8.00. The summed E-state index contributed by atoms with van der Waals surface area (Å²) >= 11 is 1.61. The average Bonchev–Trinajstić information content (AvgIpc) is 2.40. The Morgan fingerprint density at radius 2 is 1.95 bits per heavy atom. The largest absolute Gasteiger partial charge is 0.348 e. The third-order valence-electron chi connectivity index (χ3n) is 2.78. The molecule has 0 aromatic heterocycles. The van der Waals surface area contributed by atoms with Crippen molar-refractivity contribution in [1.29, 1.82) is 0 Å². The number of carbonyl (C=O) groups excluding carboxylic acids is 1. The number of thioether (sulfide) groups is 1. The normalized spacial score (nSPS) is 12.2. The molecular weight excluding hydrogens is 256 g/mol. The maximum Gasteiger partial charge on any atom is 0.235 e. The number of rotatable bonds is 7. The summed E-state index contributed by atoms with van der Waals surface area (Å²) in [6.07, 6.45) is 1.15. The van der Waals surface area contributed by atoms with Crippen LogP contribution in [0.4, 0.5) is 0 Å². The Bertz CT molecular complexity index is 390. The Morgan fingerprint density at radius 1 is 1.32 bits per heavy atom. The van der Waals surface area contributed by atoms with E-state index in [0.717, 1.165) is 24.4 Å². The molecule has 0 spiro atoms. The molecule has 0 saturated heterocycles. The van der Waals surface area contributed by atoms with Crippen molar-refractivity contribution in [3.05, 3.63) is 29.8 Å². The van der Waals surface area contributed by atoms with Crippen molar-refractivity contribution in [3.8, 4) is 0 Å². The molecule has 0 bridgehead atoms. The summed E-state index contributed by atoms with van der Waals surface area (Å²) in [5.74, 6) is 0.152. The highest BCUT2D eigenvalue weighted by Gasteiger charge is 2.15. The zero-order valence-electron chi connectivity index (χ0n) is 12.3. The number of nitrogens with zero attached hydrogens (tertiary/aromatic N) is 1. The molecule has 1 rings (SSSR count). The summed E-state index contributed by atoms with van der Waals surface area (Å²) in [7, 11) is 3.59. The Morgan fingerprint density at radius 3 is 2.47 bits per heavy atom. The fourth-order valence-electron chi connectivity index (χ4n) is 1.71. The van der Waals surface area contributed by atoms with Crippen LogP contribution in [0.25, 0.3) is 0 Å². The minimum atomic E-state index is -0.0425. The fourth-order valence-corrected chi connectivity index (χ4v) is 2.73. The SMILES string of the molecule is CCCNCc1ccc(SC(C)C(=O)N(C)C)cc1. The Hall–Kier alpha value is -1.00. The molecule has 0 heterocycles. The molecule has 1 N–H and O–H groups in total. The molecular formula is C15H24N2OS. The predicted molar refractivity (Wildman–Crippen MR) is 82.5 cm³/mol. The number of benzene rings is 1. The third-order valence-corrected chi connectivity index (χ3v) is 3.88. The lowest BCUT2D eigenvalue weighted by molar-refractivity contribution is -0.127. The van der Waals surface area contributed by atoms with E-state index in [1.807, 2.05) is 6.92 Å². The predicted octanol–water partition coefficient (Wildman–Crippen LogP) is 2.76. The Labute approximate surface area is 120 Å². The highest BCUT2D eigenvalue weighted by Crippen LogP contribution is 2.24. The molecule has 0 aliphatic heterocycles. The van der Waals surface area contributed by atoms with Gasteiger partial charge in [0, 0.05) is 25.5 Å². The number of hydrogen-bond donors (Lipinski definition) is 1. The van der Waals surface area contributed by atoms with Crippen LogP contribution in [-0.4, -0.2) is 36.7 Å². The van der Waals surface area contributed by atoms with Gasteiger partial charge in [-0.05, 0) is 37.6 Å². The number of amides is 1. The lowest BCUT2D eigenvalue weighted by atomic mass is 10.2. The summed E-state index contributed by atoms with van der Waals surface area (Å²) < 4.78 is 0. The van der Waals surface area contributed by atoms with Gasteiger partial charge in [0.2, 0.25) is 5.91 Å². The van der Waals surface area contributed by atoms with E-state index < -0.39 is 0 Å². The second kappa shape index (κ2) is 8.23. The van der Waals surface area contributed by atoms with Crippen LogP contribution in [0.15, 0.2) is 29.2 Å². The third kappa shape index (κ3) is 5.66. The summed E-state index contributed by atoms with van der Waals surface area (Å²) in [5, 5.41) is 3.33. The monoisotopic (exact) mass is 280 g/mol. The van der Waals surface area contributed by atoms with E-state index >= 15 is 0 Å². The van der Waals surface area contributed by atoms with E-state index in [4.69, 9.17) is 0 Å². The van der Waals surface area contributed by atoms with Crippen molar-refractivity contribution in [2.75, 3.05) is 20.6 Å². The van der Waals surface area contributed by atoms with Crippen LogP contribution in [-0.2, 0) is 11.3 Å². The molecule has 4 heteroatoms. The number of carbonyl (C=O) groups is 1. The molecule has 0 saturated carbocycles. The van der Waals surface area contributed by atoms with E-state index in [2.05, 4.69) is 36.5 Å². The Balaban J connectivity index is 2.50. The van der Waals surface area contributed by atoms with Crippen molar-refractivity contribution in [2.45, 2.75) is 37.0 Å². The lowest BCUT2D eigenvalue weighted by Crippen LogP contribution is -2.29. The standard InChI is InChI=1S/C15H24N2OS/c1-5-10-16-11-13-6-8-14(9-7-13)19-12(2)15(18)17(3)4/h6-9,12,16H,5,10-11H2,1-4H3. The van der Waals surface area contributed by atoms with Crippen molar-refractivity contribution < 1.29 is 4.79 Å². The maximum atomic E-state index is 11.8. The Kier molecular flexibility index (Phi) is 6.95. The van der Waals surface area contributed by atoms with Gasteiger partial charge in [-0.15, -0.1) is 11.8 Å². The van der Waals surface area contributed by atoms with E-state index in [1.54, 1.807) is 30.8 Å². The molecule has 1 aromatic carbocycles. The molecule has 106 valence electrons. The van der Waals surface area contributed by atoms with Crippen molar-refractivity contribution in [2.24, 2.45) is 0 Å². The molecule has 0 aliphatic carbocycles. The van der Waals surface area contributed by atoms with Gasteiger partial charge in [-0.1, -0.05) is 19.1 Å². The maximum absolute atomic E-state index is 11.8. The summed E-state index contributed by atoms with van der Waals surface area (Å²) in [6.45, 7) is 6.06. The molecule has 3 nitrogen and oxygen atoms in total. The first-order valence-corrected chi connectivity index (χ1v) is 7.60. The minimum Gasteiger partial charge on any atom is -0.348 e. The van der Waals surface area contributed by atoms with Crippen LogP contribution >= 0.6 is 11.8 Å². The summed E-state index contributed by atoms with van der Waals surface area (Å²) in [4.78, 5) is 14.6. The molecule has 1 amide bonds. The van der Waals surface area contributed by atoms with Crippen molar-refractivity contribution in [3.63, 3.8) is 0 Å². The van der Waals surface area contributed by atoms with Crippen LogP contribution < -0.4 is 5.32 Å². The number of hydrogen-bond acceptors (Lipinski definition) is 3. The van der Waals surface area contributed by atoms with Crippen LogP contribution in [0, 0.1) is 0 Å². The fraction of sp³-hybridized carbons (Fsp3) is 0.533. The van der Waals surface area contributed by atoms with Crippen LogP contribution in [0.5, 0.6) is 0 Å².